The molecule has 0 spiro atoms. The van der Waals surface area contributed by atoms with Crippen molar-refractivity contribution in [3.8, 4) is 11.5 Å². The van der Waals surface area contributed by atoms with Gasteiger partial charge >= 0.3 is 0 Å². The van der Waals surface area contributed by atoms with Crippen LogP contribution in [0.1, 0.15) is 5.56 Å². The molecule has 100 valence electrons. The molecule has 8 nitrogen and oxygen atoms in total. The van der Waals surface area contributed by atoms with Gasteiger partial charge < -0.3 is 15.2 Å². The first-order valence-electron chi connectivity index (χ1n) is 5.15. The monoisotopic (exact) mass is 282 g/mol. The Morgan fingerprint density at radius 1 is 1.37 bits per heavy atom. The third-order valence-electron chi connectivity index (χ3n) is 2.25. The summed E-state index contributed by atoms with van der Waals surface area (Å²) < 4.78 is 10.3. The smallest absolute Gasteiger partial charge is 0.263 e. The van der Waals surface area contributed by atoms with Crippen molar-refractivity contribution < 1.29 is 9.47 Å². The van der Waals surface area contributed by atoms with Crippen LogP contribution in [0.4, 0.5) is 5.95 Å². The Morgan fingerprint density at radius 2 is 2.16 bits per heavy atom. The molecular formula is C10H11ClN6O2. The Balaban J connectivity index is 2.34. The van der Waals surface area contributed by atoms with Crippen molar-refractivity contribution in [2.24, 2.45) is 5.10 Å². The Kier molecular flexibility index (Phi) is 3.81. The van der Waals surface area contributed by atoms with Crippen LogP contribution in [0, 0.1) is 0 Å². The number of halogens is 1. The number of hydrogen-bond donors (Lipinski definition) is 1. The molecule has 0 aliphatic heterocycles. The third-order valence-corrected chi connectivity index (χ3v) is 2.53. The van der Waals surface area contributed by atoms with Gasteiger partial charge in [-0.2, -0.15) is 5.10 Å². The third kappa shape index (κ3) is 2.74. The number of nitrogens with two attached hydrogens (primary N) is 1. The van der Waals surface area contributed by atoms with Gasteiger partial charge in [0.2, 0.25) is 0 Å². The molecule has 0 atom stereocenters. The van der Waals surface area contributed by atoms with Gasteiger partial charge in [-0.25, -0.2) is 0 Å². The summed E-state index contributed by atoms with van der Waals surface area (Å²) in [4.78, 5) is 1.09. The van der Waals surface area contributed by atoms with E-state index in [4.69, 9.17) is 26.8 Å². The Bertz CT molecular complexity index is 612. The fourth-order valence-electron chi connectivity index (χ4n) is 1.41. The van der Waals surface area contributed by atoms with Gasteiger partial charge in [0.15, 0.2) is 11.5 Å². The summed E-state index contributed by atoms with van der Waals surface area (Å²) in [6.45, 7) is 0. The van der Waals surface area contributed by atoms with Crippen LogP contribution < -0.4 is 15.2 Å². The average Bonchev–Trinajstić information content (AvgIpc) is 2.81. The molecule has 2 N–H and O–H groups in total. The fraction of sp³-hybridized carbons (Fsp3) is 0.200. The van der Waals surface area contributed by atoms with E-state index in [1.807, 2.05) is 0 Å². The second-order valence-corrected chi connectivity index (χ2v) is 3.82. The number of tetrazole rings is 1. The topological polar surface area (TPSA) is 100 Å². The van der Waals surface area contributed by atoms with E-state index in [-0.39, 0.29) is 5.95 Å². The van der Waals surface area contributed by atoms with E-state index in [0.29, 0.717) is 22.1 Å². The van der Waals surface area contributed by atoms with E-state index < -0.39 is 0 Å². The highest BCUT2D eigenvalue weighted by atomic mass is 35.5. The second kappa shape index (κ2) is 5.53. The zero-order valence-corrected chi connectivity index (χ0v) is 11.0. The lowest BCUT2D eigenvalue weighted by atomic mass is 10.2. The second-order valence-electron chi connectivity index (χ2n) is 3.41. The molecule has 2 aromatic rings. The minimum Gasteiger partial charge on any atom is -0.493 e. The summed E-state index contributed by atoms with van der Waals surface area (Å²) in [5, 5.41) is 14.8. The van der Waals surface area contributed by atoms with Crippen LogP contribution in [-0.2, 0) is 0 Å². The van der Waals surface area contributed by atoms with Crippen LogP contribution in [0.15, 0.2) is 17.2 Å². The predicted molar refractivity (Wildman–Crippen MR) is 69.8 cm³/mol. The zero-order valence-electron chi connectivity index (χ0n) is 10.2. The van der Waals surface area contributed by atoms with Crippen molar-refractivity contribution in [3.05, 3.63) is 22.7 Å². The maximum atomic E-state index is 6.07. The summed E-state index contributed by atoms with van der Waals surface area (Å²) in [5.41, 5.74) is 6.17. The summed E-state index contributed by atoms with van der Waals surface area (Å²) in [7, 11) is 3.04. The Labute approximate surface area is 113 Å². The van der Waals surface area contributed by atoms with E-state index in [0.717, 1.165) is 4.79 Å². The number of ether oxygens (including phenoxy) is 2. The van der Waals surface area contributed by atoms with Crippen LogP contribution in [0.2, 0.25) is 5.02 Å². The maximum absolute atomic E-state index is 6.07. The molecule has 2 rings (SSSR count). The summed E-state index contributed by atoms with van der Waals surface area (Å²) in [6, 6.07) is 3.39. The number of anilines is 1. The van der Waals surface area contributed by atoms with Gasteiger partial charge in [0.1, 0.15) is 0 Å². The van der Waals surface area contributed by atoms with Crippen molar-refractivity contribution in [3.63, 3.8) is 0 Å². The van der Waals surface area contributed by atoms with E-state index in [1.165, 1.54) is 20.4 Å². The van der Waals surface area contributed by atoms with Gasteiger partial charge in [0, 0.05) is 5.56 Å². The summed E-state index contributed by atoms with van der Waals surface area (Å²) in [6.07, 6.45) is 1.50. The SMILES string of the molecule is COc1cc(/C=N/n2nnnc2N)cc(Cl)c1OC. The molecule has 9 heteroatoms. The molecule has 0 aliphatic rings. The van der Waals surface area contributed by atoms with Gasteiger partial charge in [-0.3, -0.25) is 0 Å². The summed E-state index contributed by atoms with van der Waals surface area (Å²) in [5.74, 6) is 1.05. The molecule has 19 heavy (non-hydrogen) atoms. The predicted octanol–water partition coefficient (Wildman–Crippen LogP) is 0.808. The van der Waals surface area contributed by atoms with E-state index in [1.54, 1.807) is 12.1 Å². The molecule has 0 radical (unpaired) electrons. The zero-order chi connectivity index (χ0) is 13.8. The lowest BCUT2D eigenvalue weighted by Crippen LogP contribution is -2.00. The number of aromatic nitrogens is 4. The quantitative estimate of drug-likeness (QED) is 0.833. The highest BCUT2D eigenvalue weighted by molar-refractivity contribution is 6.32. The first kappa shape index (κ1) is 13.1. The van der Waals surface area contributed by atoms with Gasteiger partial charge in [0.25, 0.3) is 5.95 Å². The number of nitrogens with zero attached hydrogens (tertiary/aromatic N) is 5. The fourth-order valence-corrected chi connectivity index (χ4v) is 1.70. The minimum absolute atomic E-state index is 0.0859. The number of hydrogen-bond acceptors (Lipinski definition) is 7. The Hall–Kier alpha value is -2.35. The van der Waals surface area contributed by atoms with Crippen molar-refractivity contribution in [2.75, 3.05) is 20.0 Å². The number of rotatable bonds is 4. The van der Waals surface area contributed by atoms with E-state index in [9.17, 15) is 0 Å². The number of nitrogen functional groups attached to an aromatic ring is 1. The molecule has 0 amide bonds. The van der Waals surface area contributed by atoms with Gasteiger partial charge in [-0.15, -0.1) is 0 Å². The molecule has 0 saturated heterocycles. The van der Waals surface area contributed by atoms with Crippen molar-refractivity contribution in [1.82, 2.24) is 20.3 Å². The van der Waals surface area contributed by atoms with Crippen LogP contribution >= 0.6 is 11.6 Å². The molecule has 1 aromatic carbocycles. The largest absolute Gasteiger partial charge is 0.493 e. The molecule has 0 saturated carbocycles. The number of methoxy groups -OCH3 is 2. The van der Waals surface area contributed by atoms with Crippen LogP contribution in [-0.4, -0.2) is 40.8 Å². The molecule has 0 aliphatic carbocycles. The highest BCUT2D eigenvalue weighted by Gasteiger charge is 2.10. The summed E-state index contributed by atoms with van der Waals surface area (Å²) >= 11 is 6.07. The maximum Gasteiger partial charge on any atom is 0.263 e. The first-order valence-corrected chi connectivity index (χ1v) is 5.53. The van der Waals surface area contributed by atoms with Gasteiger partial charge in [-0.1, -0.05) is 21.5 Å². The van der Waals surface area contributed by atoms with Crippen LogP contribution in [0.5, 0.6) is 11.5 Å². The Morgan fingerprint density at radius 3 is 2.74 bits per heavy atom. The van der Waals surface area contributed by atoms with Crippen LogP contribution in [0.25, 0.3) is 0 Å². The highest BCUT2D eigenvalue weighted by Crippen LogP contribution is 2.35. The lowest BCUT2D eigenvalue weighted by molar-refractivity contribution is 0.355. The van der Waals surface area contributed by atoms with Crippen molar-refractivity contribution in [2.45, 2.75) is 0 Å². The minimum atomic E-state index is 0.0859. The molecule has 1 aromatic heterocycles. The number of benzene rings is 1. The molecule has 0 bridgehead atoms. The standard InChI is InChI=1S/C10H11ClN6O2/c1-18-8-4-6(3-7(11)9(8)19-2)5-13-17-10(12)14-15-16-17/h3-5H,1-2H3,(H2,12,14,16)/b13-5+. The van der Waals surface area contributed by atoms with Crippen LogP contribution in [0.3, 0.4) is 0 Å². The molecule has 0 unspecified atom stereocenters. The lowest BCUT2D eigenvalue weighted by Gasteiger charge is -2.09. The molecule has 0 fully saturated rings. The van der Waals surface area contributed by atoms with Crippen molar-refractivity contribution >= 4 is 23.8 Å². The average molecular weight is 283 g/mol. The first-order chi connectivity index (χ1) is 9.15. The van der Waals surface area contributed by atoms with Crippen molar-refractivity contribution in [1.29, 1.82) is 0 Å². The molecular weight excluding hydrogens is 272 g/mol. The van der Waals surface area contributed by atoms with E-state index >= 15 is 0 Å². The van der Waals surface area contributed by atoms with Gasteiger partial charge in [-0.05, 0) is 22.6 Å². The molecule has 1 heterocycles. The van der Waals surface area contributed by atoms with Gasteiger partial charge in [0.05, 0.1) is 25.5 Å². The normalized spacial score (nSPS) is 10.9. The van der Waals surface area contributed by atoms with E-state index in [2.05, 4.69) is 20.6 Å².